The molecule has 1 saturated carbocycles. The number of nitrogens with one attached hydrogen (secondary N) is 1. The number of carbonyl (C=O) groups is 1. The maximum atomic E-state index is 12.3. The van der Waals surface area contributed by atoms with Gasteiger partial charge in [0.05, 0.1) is 5.41 Å². The Balaban J connectivity index is 1.69. The Labute approximate surface area is 121 Å². The van der Waals surface area contributed by atoms with Gasteiger partial charge in [0.25, 0.3) is 0 Å². The number of hydrogen-bond acceptors (Lipinski definition) is 2. The zero-order valence-electron chi connectivity index (χ0n) is 12.7. The summed E-state index contributed by atoms with van der Waals surface area (Å²) in [6, 6.07) is 7.29. The molecule has 108 valence electrons. The molecular formula is C17H24N2O. The Kier molecular flexibility index (Phi) is 3.33. The maximum Gasteiger partial charge on any atom is 0.236 e. The molecule has 1 N–H and O–H groups in total. The Morgan fingerprint density at radius 3 is 2.80 bits per heavy atom. The maximum absolute atomic E-state index is 12.3. The molecule has 0 bridgehead atoms. The van der Waals surface area contributed by atoms with E-state index in [-0.39, 0.29) is 11.3 Å². The van der Waals surface area contributed by atoms with E-state index in [1.54, 1.807) is 4.90 Å². The van der Waals surface area contributed by atoms with Gasteiger partial charge in [-0.25, -0.2) is 0 Å². The van der Waals surface area contributed by atoms with E-state index in [1.807, 2.05) is 20.9 Å². The third kappa shape index (κ3) is 2.35. The van der Waals surface area contributed by atoms with Gasteiger partial charge in [-0.1, -0.05) is 12.1 Å². The lowest BCUT2D eigenvalue weighted by atomic mass is 9.85. The first-order chi connectivity index (χ1) is 9.50. The Morgan fingerprint density at radius 1 is 1.35 bits per heavy atom. The molecule has 0 saturated heterocycles. The second-order valence-electron chi connectivity index (χ2n) is 6.67. The molecule has 0 unspecified atom stereocenters. The van der Waals surface area contributed by atoms with Crippen molar-refractivity contribution in [2.45, 2.75) is 51.0 Å². The van der Waals surface area contributed by atoms with Crippen LogP contribution in [0, 0.1) is 0 Å². The van der Waals surface area contributed by atoms with Crippen LogP contribution in [-0.2, 0) is 16.6 Å². The van der Waals surface area contributed by atoms with E-state index in [0.717, 1.165) is 24.7 Å². The molecule has 3 nitrogen and oxygen atoms in total. The van der Waals surface area contributed by atoms with Gasteiger partial charge in [-0.05, 0) is 63.3 Å². The fourth-order valence-electron chi connectivity index (χ4n) is 3.06. The largest absolute Gasteiger partial charge is 0.314 e. The third-order valence-electron chi connectivity index (χ3n) is 4.59. The minimum absolute atomic E-state index is 0.194. The van der Waals surface area contributed by atoms with Crippen molar-refractivity contribution in [3.05, 3.63) is 29.3 Å². The van der Waals surface area contributed by atoms with Crippen molar-refractivity contribution >= 4 is 11.6 Å². The first kappa shape index (κ1) is 13.6. The van der Waals surface area contributed by atoms with E-state index in [9.17, 15) is 4.79 Å². The number of fused-ring (bicyclic) bond motifs is 1. The number of aryl methyl sites for hydroxylation is 1. The van der Waals surface area contributed by atoms with E-state index in [2.05, 4.69) is 23.5 Å². The molecule has 1 heterocycles. The number of hydrogen-bond donors (Lipinski definition) is 1. The number of rotatable bonds is 5. The van der Waals surface area contributed by atoms with Gasteiger partial charge in [0.2, 0.25) is 5.91 Å². The van der Waals surface area contributed by atoms with Crippen molar-refractivity contribution in [1.29, 1.82) is 0 Å². The van der Waals surface area contributed by atoms with Crippen LogP contribution < -0.4 is 10.2 Å². The molecule has 1 aromatic rings. The van der Waals surface area contributed by atoms with Crippen LogP contribution in [-0.4, -0.2) is 25.5 Å². The van der Waals surface area contributed by atoms with E-state index in [4.69, 9.17) is 0 Å². The number of carbonyl (C=O) groups excluding carboxylic acids is 1. The fraction of sp³-hybridized carbons (Fsp3) is 0.588. The number of anilines is 1. The molecule has 0 spiro atoms. The summed E-state index contributed by atoms with van der Waals surface area (Å²) in [5.74, 6) is 0.194. The quantitative estimate of drug-likeness (QED) is 0.836. The number of nitrogens with zero attached hydrogens (tertiary/aromatic N) is 1. The zero-order chi connectivity index (χ0) is 14.3. The molecule has 20 heavy (non-hydrogen) atoms. The van der Waals surface area contributed by atoms with Gasteiger partial charge in [-0.15, -0.1) is 0 Å². The molecule has 2 aliphatic rings. The standard InChI is InChI=1S/C17H24N2O/c1-17(2)14-11-12(5-4-10-18-13-7-8-13)6-9-15(14)19(3)16(17)20/h6,9,11,13,18H,4-5,7-8,10H2,1-3H3. The second kappa shape index (κ2) is 4.88. The fourth-order valence-corrected chi connectivity index (χ4v) is 3.06. The first-order valence-electron chi connectivity index (χ1n) is 7.65. The van der Waals surface area contributed by atoms with Gasteiger partial charge < -0.3 is 10.2 Å². The molecule has 0 atom stereocenters. The summed E-state index contributed by atoms with van der Waals surface area (Å²) in [6.45, 7) is 5.15. The number of amides is 1. The smallest absolute Gasteiger partial charge is 0.236 e. The van der Waals surface area contributed by atoms with Crippen LogP contribution in [0.1, 0.15) is 44.2 Å². The first-order valence-corrected chi connectivity index (χ1v) is 7.65. The van der Waals surface area contributed by atoms with E-state index in [0.29, 0.717) is 0 Å². The van der Waals surface area contributed by atoms with Gasteiger partial charge >= 0.3 is 0 Å². The number of benzene rings is 1. The third-order valence-corrected chi connectivity index (χ3v) is 4.59. The summed E-state index contributed by atoms with van der Waals surface area (Å²) < 4.78 is 0. The summed E-state index contributed by atoms with van der Waals surface area (Å²) in [7, 11) is 1.87. The highest BCUT2D eigenvalue weighted by molar-refractivity contribution is 6.07. The van der Waals surface area contributed by atoms with Gasteiger partial charge in [-0.2, -0.15) is 0 Å². The van der Waals surface area contributed by atoms with Crippen LogP contribution in [0.2, 0.25) is 0 Å². The molecular weight excluding hydrogens is 248 g/mol. The van der Waals surface area contributed by atoms with Crippen LogP contribution >= 0.6 is 0 Å². The predicted octanol–water partition coefficient (Wildman–Crippen LogP) is 2.63. The summed E-state index contributed by atoms with van der Waals surface area (Å²) in [5, 5.41) is 3.55. The van der Waals surface area contributed by atoms with Crippen molar-refractivity contribution in [3.8, 4) is 0 Å². The summed E-state index contributed by atoms with van der Waals surface area (Å²) in [4.78, 5) is 14.0. The van der Waals surface area contributed by atoms with E-state index < -0.39 is 0 Å². The summed E-state index contributed by atoms with van der Waals surface area (Å²) >= 11 is 0. The predicted molar refractivity (Wildman–Crippen MR) is 82.2 cm³/mol. The van der Waals surface area contributed by atoms with Crippen molar-refractivity contribution in [1.82, 2.24) is 5.32 Å². The second-order valence-corrected chi connectivity index (χ2v) is 6.67. The molecule has 3 heteroatoms. The monoisotopic (exact) mass is 272 g/mol. The summed E-state index contributed by atoms with van der Waals surface area (Å²) in [5.41, 5.74) is 3.21. The molecule has 0 radical (unpaired) electrons. The Morgan fingerprint density at radius 2 is 2.10 bits per heavy atom. The Hall–Kier alpha value is -1.35. The van der Waals surface area contributed by atoms with E-state index >= 15 is 0 Å². The highest BCUT2D eigenvalue weighted by Gasteiger charge is 2.42. The van der Waals surface area contributed by atoms with Crippen LogP contribution in [0.5, 0.6) is 0 Å². The van der Waals surface area contributed by atoms with Crippen molar-refractivity contribution < 1.29 is 4.79 Å². The lowest BCUT2D eigenvalue weighted by Gasteiger charge is -2.16. The molecule has 1 aromatic carbocycles. The van der Waals surface area contributed by atoms with Crippen molar-refractivity contribution in [2.24, 2.45) is 0 Å². The molecule has 1 amide bonds. The SMILES string of the molecule is CN1C(=O)C(C)(C)c2cc(CCCNC3CC3)ccc21. The van der Waals surface area contributed by atoms with Gasteiger partial charge in [0, 0.05) is 18.8 Å². The van der Waals surface area contributed by atoms with Crippen molar-refractivity contribution in [3.63, 3.8) is 0 Å². The molecule has 0 aromatic heterocycles. The molecule has 1 fully saturated rings. The van der Waals surface area contributed by atoms with Crippen LogP contribution in [0.3, 0.4) is 0 Å². The normalized spacial score (nSPS) is 20.4. The highest BCUT2D eigenvalue weighted by Crippen LogP contribution is 2.41. The molecule has 1 aliphatic carbocycles. The Bertz CT molecular complexity index is 532. The lowest BCUT2D eigenvalue weighted by Crippen LogP contribution is -2.33. The minimum Gasteiger partial charge on any atom is -0.314 e. The molecule has 3 rings (SSSR count). The van der Waals surface area contributed by atoms with Crippen molar-refractivity contribution in [2.75, 3.05) is 18.5 Å². The topological polar surface area (TPSA) is 32.3 Å². The van der Waals surface area contributed by atoms with Crippen LogP contribution in [0.4, 0.5) is 5.69 Å². The average Bonchev–Trinajstić information content (AvgIpc) is 3.23. The summed E-state index contributed by atoms with van der Waals surface area (Å²) in [6.07, 6.45) is 4.95. The average molecular weight is 272 g/mol. The van der Waals surface area contributed by atoms with Gasteiger partial charge in [0.15, 0.2) is 0 Å². The lowest BCUT2D eigenvalue weighted by molar-refractivity contribution is -0.121. The van der Waals surface area contributed by atoms with Gasteiger partial charge in [-0.3, -0.25) is 4.79 Å². The van der Waals surface area contributed by atoms with Crippen LogP contribution in [0.15, 0.2) is 18.2 Å². The minimum atomic E-state index is -0.383. The molecule has 1 aliphatic heterocycles. The van der Waals surface area contributed by atoms with E-state index in [1.165, 1.54) is 30.4 Å². The van der Waals surface area contributed by atoms with Crippen LogP contribution in [0.25, 0.3) is 0 Å². The highest BCUT2D eigenvalue weighted by atomic mass is 16.2. The zero-order valence-corrected chi connectivity index (χ0v) is 12.7. The van der Waals surface area contributed by atoms with Gasteiger partial charge in [0.1, 0.15) is 0 Å². The number of likely N-dealkylation sites (N-methyl/N-ethyl adjacent to an activating group) is 1.